The van der Waals surface area contributed by atoms with Crippen molar-refractivity contribution in [1.29, 1.82) is 0 Å². The summed E-state index contributed by atoms with van der Waals surface area (Å²) in [5.41, 5.74) is 0.799. The molecule has 1 unspecified atom stereocenters. The third-order valence-electron chi connectivity index (χ3n) is 3.50. The minimum Gasteiger partial charge on any atom is -0.465 e. The van der Waals surface area contributed by atoms with Crippen molar-refractivity contribution >= 4 is 27.6 Å². The lowest BCUT2D eigenvalue weighted by Crippen LogP contribution is -2.09. The fourth-order valence-electron chi connectivity index (χ4n) is 2.56. The molecule has 1 aliphatic heterocycles. The molecule has 1 heterocycles. The Hall–Kier alpha value is -1.79. The van der Waals surface area contributed by atoms with E-state index in [1.807, 2.05) is 30.3 Å². The molecule has 1 aliphatic rings. The second kappa shape index (κ2) is 5.78. The molecular weight excluding hydrogens is 320 g/mol. The van der Waals surface area contributed by atoms with E-state index in [0.29, 0.717) is 5.56 Å². The zero-order valence-electron chi connectivity index (χ0n) is 11.9. The molecule has 22 heavy (non-hydrogen) atoms. The van der Waals surface area contributed by atoms with Gasteiger partial charge in [0.25, 0.3) is 0 Å². The van der Waals surface area contributed by atoms with Crippen molar-refractivity contribution in [3.05, 3.63) is 59.7 Å². The topological polar surface area (TPSA) is 60.4 Å². The number of benzene rings is 2. The molecule has 2 aromatic carbocycles. The van der Waals surface area contributed by atoms with Crippen molar-refractivity contribution in [1.82, 2.24) is 0 Å². The normalized spacial score (nSPS) is 18.7. The molecule has 114 valence electrons. The molecule has 0 bridgehead atoms. The van der Waals surface area contributed by atoms with Crippen molar-refractivity contribution in [2.45, 2.75) is 15.0 Å². The van der Waals surface area contributed by atoms with Crippen LogP contribution in [0.1, 0.15) is 21.2 Å². The molecule has 0 spiro atoms. The maximum Gasteiger partial charge on any atom is 0.339 e. The molecule has 3 rings (SSSR count). The van der Waals surface area contributed by atoms with Gasteiger partial charge in [0.1, 0.15) is 0 Å². The molecule has 0 radical (unpaired) electrons. The van der Waals surface area contributed by atoms with Gasteiger partial charge < -0.3 is 4.74 Å². The summed E-state index contributed by atoms with van der Waals surface area (Å²) in [5, 5.41) is -0.216. The first kappa shape index (κ1) is 15.1. The average Bonchev–Trinajstić information content (AvgIpc) is 2.78. The molecule has 0 saturated heterocycles. The van der Waals surface area contributed by atoms with Gasteiger partial charge in [0, 0.05) is 4.90 Å². The fraction of sp³-hybridized carbons (Fsp3) is 0.188. The predicted molar refractivity (Wildman–Crippen MR) is 84.9 cm³/mol. The highest BCUT2D eigenvalue weighted by Crippen LogP contribution is 2.46. The van der Waals surface area contributed by atoms with E-state index < -0.39 is 15.8 Å². The van der Waals surface area contributed by atoms with Crippen LogP contribution in [0.15, 0.2) is 58.3 Å². The summed E-state index contributed by atoms with van der Waals surface area (Å²) in [6.45, 7) is 0. The number of ether oxygens (including phenoxy) is 1. The number of rotatable bonds is 3. The van der Waals surface area contributed by atoms with E-state index in [-0.39, 0.29) is 21.5 Å². The van der Waals surface area contributed by atoms with Crippen molar-refractivity contribution < 1.29 is 17.9 Å². The molecule has 6 heteroatoms. The highest BCUT2D eigenvalue weighted by atomic mass is 32.2. The molecular formula is C16H14O4S2. The van der Waals surface area contributed by atoms with Gasteiger partial charge in [0.15, 0.2) is 9.84 Å². The van der Waals surface area contributed by atoms with E-state index in [1.54, 1.807) is 12.1 Å². The molecule has 0 fully saturated rings. The largest absolute Gasteiger partial charge is 0.465 e. The Bertz CT molecular complexity index is 813. The van der Waals surface area contributed by atoms with Crippen LogP contribution in [0.4, 0.5) is 0 Å². The summed E-state index contributed by atoms with van der Waals surface area (Å²) in [4.78, 5) is 13.0. The summed E-state index contributed by atoms with van der Waals surface area (Å²) in [7, 11) is -2.23. The van der Waals surface area contributed by atoms with E-state index >= 15 is 0 Å². The van der Waals surface area contributed by atoms with Gasteiger partial charge in [-0.3, -0.25) is 0 Å². The Morgan fingerprint density at radius 1 is 1.14 bits per heavy atom. The van der Waals surface area contributed by atoms with Crippen LogP contribution < -0.4 is 0 Å². The quantitative estimate of drug-likeness (QED) is 0.807. The number of fused-ring (bicyclic) bond motifs is 1. The number of methoxy groups -OCH3 is 1. The van der Waals surface area contributed by atoms with Crippen LogP contribution in [0.5, 0.6) is 0 Å². The van der Waals surface area contributed by atoms with E-state index in [9.17, 15) is 13.2 Å². The van der Waals surface area contributed by atoms with Crippen molar-refractivity contribution in [2.24, 2.45) is 0 Å². The van der Waals surface area contributed by atoms with Crippen LogP contribution in [-0.4, -0.2) is 27.2 Å². The molecule has 0 aliphatic carbocycles. The number of carbonyl (C=O) groups excluding carboxylic acids is 1. The maximum absolute atomic E-state index is 12.5. The summed E-state index contributed by atoms with van der Waals surface area (Å²) in [5.74, 6) is -0.624. The molecule has 0 N–H and O–H groups in total. The Kier molecular flexibility index (Phi) is 3.97. The van der Waals surface area contributed by atoms with Crippen LogP contribution in [0.2, 0.25) is 0 Å². The first-order valence-corrected chi connectivity index (χ1v) is 9.22. The minimum atomic E-state index is -3.48. The highest BCUT2D eigenvalue weighted by Gasteiger charge is 2.38. The Labute approximate surface area is 133 Å². The first-order valence-electron chi connectivity index (χ1n) is 6.68. The smallest absolute Gasteiger partial charge is 0.339 e. The Balaban J connectivity index is 2.06. The zero-order chi connectivity index (χ0) is 15.7. The lowest BCUT2D eigenvalue weighted by atomic mass is 10.1. The summed E-state index contributed by atoms with van der Waals surface area (Å²) < 4.78 is 29.6. The third-order valence-corrected chi connectivity index (χ3v) is 6.81. The monoisotopic (exact) mass is 334 g/mol. The van der Waals surface area contributed by atoms with Crippen molar-refractivity contribution in [3.8, 4) is 0 Å². The number of hydrogen-bond donors (Lipinski definition) is 0. The van der Waals surface area contributed by atoms with Gasteiger partial charge in [0.2, 0.25) is 0 Å². The highest BCUT2D eigenvalue weighted by molar-refractivity contribution is 8.01. The van der Waals surface area contributed by atoms with Crippen LogP contribution in [-0.2, 0) is 14.6 Å². The SMILES string of the molecule is COC(=O)c1cccc2c1S(=O)(=O)CC2Sc1ccccc1. The van der Waals surface area contributed by atoms with Gasteiger partial charge >= 0.3 is 5.97 Å². The summed E-state index contributed by atoms with van der Waals surface area (Å²) in [6.07, 6.45) is 0. The number of thioether (sulfide) groups is 1. The van der Waals surface area contributed by atoms with Crippen molar-refractivity contribution in [2.75, 3.05) is 12.9 Å². The standard InChI is InChI=1S/C16H14O4S2/c1-20-16(17)13-9-5-8-12-14(10-22(18,19)15(12)13)21-11-6-3-2-4-7-11/h2-9,14H,10H2,1H3. The molecule has 1 atom stereocenters. The number of hydrogen-bond acceptors (Lipinski definition) is 5. The van der Waals surface area contributed by atoms with Gasteiger partial charge in [-0.2, -0.15) is 0 Å². The summed E-state index contributed by atoms with van der Waals surface area (Å²) in [6, 6.07) is 14.6. The van der Waals surface area contributed by atoms with Gasteiger partial charge in [-0.15, -0.1) is 11.8 Å². The van der Waals surface area contributed by atoms with Gasteiger partial charge in [-0.1, -0.05) is 30.3 Å². The summed E-state index contributed by atoms with van der Waals surface area (Å²) >= 11 is 1.49. The average molecular weight is 334 g/mol. The molecule has 0 amide bonds. The van der Waals surface area contributed by atoms with Crippen molar-refractivity contribution in [3.63, 3.8) is 0 Å². The molecule has 0 saturated carbocycles. The van der Waals surface area contributed by atoms with Gasteiger partial charge in [-0.05, 0) is 23.8 Å². The number of esters is 1. The zero-order valence-corrected chi connectivity index (χ0v) is 13.5. The van der Waals surface area contributed by atoms with Crippen LogP contribution in [0.25, 0.3) is 0 Å². The second-order valence-electron chi connectivity index (χ2n) is 4.92. The number of sulfone groups is 1. The van der Waals surface area contributed by atoms with Gasteiger partial charge in [0.05, 0.1) is 28.6 Å². The Morgan fingerprint density at radius 3 is 2.55 bits per heavy atom. The Morgan fingerprint density at radius 2 is 1.86 bits per heavy atom. The molecule has 0 aromatic heterocycles. The molecule has 2 aromatic rings. The number of carbonyl (C=O) groups is 1. The van der Waals surface area contributed by atoms with E-state index in [2.05, 4.69) is 0 Å². The minimum absolute atomic E-state index is 0.00407. The van der Waals surface area contributed by atoms with E-state index in [0.717, 1.165) is 4.90 Å². The van der Waals surface area contributed by atoms with Crippen LogP contribution >= 0.6 is 11.8 Å². The molecule has 4 nitrogen and oxygen atoms in total. The second-order valence-corrected chi connectivity index (χ2v) is 8.16. The first-order chi connectivity index (χ1) is 10.5. The maximum atomic E-state index is 12.5. The lowest BCUT2D eigenvalue weighted by molar-refractivity contribution is 0.0596. The van der Waals surface area contributed by atoms with Crippen LogP contribution in [0.3, 0.4) is 0 Å². The van der Waals surface area contributed by atoms with E-state index in [4.69, 9.17) is 4.74 Å². The van der Waals surface area contributed by atoms with Crippen LogP contribution in [0, 0.1) is 0 Å². The predicted octanol–water partition coefficient (Wildman–Crippen LogP) is 3.09. The fourth-order valence-corrected chi connectivity index (χ4v) is 6.21. The van der Waals surface area contributed by atoms with E-state index in [1.165, 1.54) is 24.9 Å². The lowest BCUT2D eigenvalue weighted by Gasteiger charge is -2.10. The van der Waals surface area contributed by atoms with Gasteiger partial charge in [-0.25, -0.2) is 13.2 Å². The third kappa shape index (κ3) is 2.64.